The van der Waals surface area contributed by atoms with Crippen LogP contribution in [0, 0.1) is 13.8 Å². The van der Waals surface area contributed by atoms with Crippen LogP contribution in [0.1, 0.15) is 20.4 Å². The molecule has 7 heteroatoms. The lowest BCUT2D eigenvalue weighted by atomic mass is 10.2. The number of thiazole rings is 2. The zero-order valence-corrected chi connectivity index (χ0v) is 15.1. The van der Waals surface area contributed by atoms with Gasteiger partial charge in [-0.2, -0.15) is 0 Å². The summed E-state index contributed by atoms with van der Waals surface area (Å²) >= 11 is 6.25. The molecule has 0 atom stereocenters. The van der Waals surface area contributed by atoms with Gasteiger partial charge in [0, 0.05) is 15.4 Å². The number of benzene rings is 1. The smallest absolute Gasteiger partial charge is 0.269 e. The molecule has 0 aliphatic rings. The zero-order chi connectivity index (χ0) is 15.7. The van der Waals surface area contributed by atoms with E-state index in [0.717, 1.165) is 26.4 Å². The molecule has 0 spiro atoms. The molecular formula is C15H12BrN3OS2. The average Bonchev–Trinajstić information content (AvgIpc) is 3.05. The lowest BCUT2D eigenvalue weighted by Gasteiger charge is -2.00. The van der Waals surface area contributed by atoms with E-state index in [0.29, 0.717) is 10.0 Å². The number of aryl methyl sites for hydroxylation is 2. The first-order chi connectivity index (χ1) is 10.5. The van der Waals surface area contributed by atoms with E-state index in [1.165, 1.54) is 22.7 Å². The summed E-state index contributed by atoms with van der Waals surface area (Å²) in [4.78, 5) is 21.6. The molecule has 2 heterocycles. The molecule has 2 aromatic heterocycles. The lowest BCUT2D eigenvalue weighted by molar-refractivity contribution is 0.103. The van der Waals surface area contributed by atoms with Crippen molar-refractivity contribution < 1.29 is 4.79 Å². The minimum Gasteiger partial charge on any atom is -0.297 e. The first-order valence-electron chi connectivity index (χ1n) is 6.50. The second-order valence-electron chi connectivity index (χ2n) is 4.65. The van der Waals surface area contributed by atoms with Gasteiger partial charge in [0.05, 0.1) is 16.4 Å². The third-order valence-electron chi connectivity index (χ3n) is 2.95. The van der Waals surface area contributed by atoms with Crippen LogP contribution < -0.4 is 5.32 Å². The van der Waals surface area contributed by atoms with Gasteiger partial charge in [0.2, 0.25) is 0 Å². The highest BCUT2D eigenvalue weighted by Crippen LogP contribution is 2.27. The SMILES string of the molecule is Cc1nc(C)c(C(=O)Nc2nc(-c3cccc(Br)c3)cs2)s1. The van der Waals surface area contributed by atoms with Crippen LogP contribution >= 0.6 is 38.6 Å². The zero-order valence-electron chi connectivity index (χ0n) is 11.9. The molecule has 0 aliphatic carbocycles. The molecule has 0 fully saturated rings. The molecule has 1 N–H and O–H groups in total. The summed E-state index contributed by atoms with van der Waals surface area (Å²) in [6, 6.07) is 7.91. The maximum absolute atomic E-state index is 12.3. The van der Waals surface area contributed by atoms with Crippen LogP contribution in [0.4, 0.5) is 5.13 Å². The third kappa shape index (κ3) is 3.26. The summed E-state index contributed by atoms with van der Waals surface area (Å²) in [5, 5.41) is 6.25. The van der Waals surface area contributed by atoms with Gasteiger partial charge in [-0.3, -0.25) is 10.1 Å². The van der Waals surface area contributed by atoms with Crippen LogP contribution in [0.3, 0.4) is 0 Å². The number of nitrogens with one attached hydrogen (secondary N) is 1. The van der Waals surface area contributed by atoms with E-state index in [4.69, 9.17) is 0 Å². The van der Waals surface area contributed by atoms with Gasteiger partial charge in [-0.05, 0) is 26.0 Å². The number of hydrogen-bond acceptors (Lipinski definition) is 5. The Bertz CT molecular complexity index is 841. The highest BCUT2D eigenvalue weighted by molar-refractivity contribution is 9.10. The number of nitrogens with zero attached hydrogens (tertiary/aromatic N) is 2. The van der Waals surface area contributed by atoms with E-state index in [2.05, 4.69) is 31.2 Å². The van der Waals surface area contributed by atoms with Crippen molar-refractivity contribution in [1.82, 2.24) is 9.97 Å². The maximum atomic E-state index is 12.3. The molecule has 0 bridgehead atoms. The van der Waals surface area contributed by atoms with E-state index < -0.39 is 0 Å². The van der Waals surface area contributed by atoms with Crippen LogP contribution in [0.2, 0.25) is 0 Å². The van der Waals surface area contributed by atoms with Gasteiger partial charge in [0.15, 0.2) is 5.13 Å². The van der Waals surface area contributed by atoms with Gasteiger partial charge in [0.25, 0.3) is 5.91 Å². The van der Waals surface area contributed by atoms with Crippen molar-refractivity contribution in [1.29, 1.82) is 0 Å². The number of carbonyl (C=O) groups is 1. The van der Waals surface area contributed by atoms with E-state index >= 15 is 0 Å². The number of carbonyl (C=O) groups excluding carboxylic acids is 1. The second kappa shape index (κ2) is 6.28. The summed E-state index contributed by atoms with van der Waals surface area (Å²) in [5.41, 5.74) is 2.61. The van der Waals surface area contributed by atoms with Gasteiger partial charge < -0.3 is 0 Å². The molecular weight excluding hydrogens is 382 g/mol. The molecule has 1 amide bonds. The molecule has 0 aliphatic heterocycles. The molecule has 0 saturated heterocycles. The van der Waals surface area contributed by atoms with Crippen LogP contribution in [-0.4, -0.2) is 15.9 Å². The number of halogens is 1. The normalized spacial score (nSPS) is 10.7. The van der Waals surface area contributed by atoms with Gasteiger partial charge in [-0.25, -0.2) is 9.97 Å². The highest BCUT2D eigenvalue weighted by atomic mass is 79.9. The molecule has 1 aromatic carbocycles. The van der Waals surface area contributed by atoms with Crippen molar-refractivity contribution in [3.05, 3.63) is 49.7 Å². The molecule has 3 aromatic rings. The molecule has 3 rings (SSSR count). The Morgan fingerprint density at radius 2 is 2.09 bits per heavy atom. The van der Waals surface area contributed by atoms with Gasteiger partial charge in [-0.1, -0.05) is 28.1 Å². The van der Waals surface area contributed by atoms with Crippen molar-refractivity contribution in [3.8, 4) is 11.3 Å². The quantitative estimate of drug-likeness (QED) is 0.688. The highest BCUT2D eigenvalue weighted by Gasteiger charge is 2.15. The maximum Gasteiger partial charge on any atom is 0.269 e. The van der Waals surface area contributed by atoms with Crippen LogP contribution in [0.5, 0.6) is 0 Å². The van der Waals surface area contributed by atoms with Crippen LogP contribution in [0.15, 0.2) is 34.1 Å². The van der Waals surface area contributed by atoms with Gasteiger partial charge in [-0.15, -0.1) is 22.7 Å². The fourth-order valence-corrected chi connectivity index (χ4v) is 3.94. The van der Waals surface area contributed by atoms with Crippen molar-refractivity contribution in [2.45, 2.75) is 13.8 Å². The molecule has 4 nitrogen and oxygen atoms in total. The predicted molar refractivity (Wildman–Crippen MR) is 94.8 cm³/mol. The number of aromatic nitrogens is 2. The fourth-order valence-electron chi connectivity index (χ4n) is 2.01. The van der Waals surface area contributed by atoms with Crippen molar-refractivity contribution in [2.75, 3.05) is 5.32 Å². The summed E-state index contributed by atoms with van der Waals surface area (Å²) in [5.74, 6) is -0.154. The molecule has 0 saturated carbocycles. The summed E-state index contributed by atoms with van der Waals surface area (Å²) in [6.45, 7) is 3.73. The third-order valence-corrected chi connectivity index (χ3v) is 5.28. The molecule has 0 unspecified atom stereocenters. The Morgan fingerprint density at radius 3 is 2.77 bits per heavy atom. The largest absolute Gasteiger partial charge is 0.297 e. The van der Waals surface area contributed by atoms with Crippen LogP contribution in [0.25, 0.3) is 11.3 Å². The second-order valence-corrected chi connectivity index (χ2v) is 7.63. The number of hydrogen-bond donors (Lipinski definition) is 1. The van der Waals surface area contributed by atoms with Crippen molar-refractivity contribution in [3.63, 3.8) is 0 Å². The van der Waals surface area contributed by atoms with E-state index in [1.54, 1.807) is 0 Å². The van der Waals surface area contributed by atoms with E-state index in [9.17, 15) is 4.79 Å². The summed E-state index contributed by atoms with van der Waals surface area (Å²) < 4.78 is 0.999. The minimum absolute atomic E-state index is 0.154. The minimum atomic E-state index is -0.154. The number of amides is 1. The molecule has 22 heavy (non-hydrogen) atoms. The van der Waals surface area contributed by atoms with E-state index in [1.807, 2.05) is 43.5 Å². The van der Waals surface area contributed by atoms with Gasteiger partial charge in [0.1, 0.15) is 4.88 Å². The van der Waals surface area contributed by atoms with Crippen molar-refractivity contribution >= 4 is 49.6 Å². The predicted octanol–water partition coefficient (Wildman–Crippen LogP) is 4.90. The first-order valence-corrected chi connectivity index (χ1v) is 8.98. The Hall–Kier alpha value is -1.57. The number of rotatable bonds is 3. The summed E-state index contributed by atoms with van der Waals surface area (Å²) in [6.07, 6.45) is 0. The summed E-state index contributed by atoms with van der Waals surface area (Å²) in [7, 11) is 0. The molecule has 112 valence electrons. The standard InChI is InChI=1S/C15H12BrN3OS2/c1-8-13(22-9(2)17-8)14(20)19-15-18-12(7-21-15)10-4-3-5-11(16)6-10/h3-7H,1-2H3,(H,18,19,20). The molecule has 0 radical (unpaired) electrons. The van der Waals surface area contributed by atoms with Crippen molar-refractivity contribution in [2.24, 2.45) is 0 Å². The fraction of sp³-hybridized carbons (Fsp3) is 0.133. The first kappa shape index (κ1) is 15.3. The Labute approximate surface area is 144 Å². The van der Waals surface area contributed by atoms with Gasteiger partial charge >= 0.3 is 0 Å². The number of anilines is 1. The monoisotopic (exact) mass is 393 g/mol. The average molecular weight is 394 g/mol. The Balaban J connectivity index is 1.80. The Morgan fingerprint density at radius 1 is 1.27 bits per heavy atom. The van der Waals surface area contributed by atoms with E-state index in [-0.39, 0.29) is 5.91 Å². The van der Waals surface area contributed by atoms with Crippen LogP contribution in [-0.2, 0) is 0 Å². The topological polar surface area (TPSA) is 54.9 Å². The Kier molecular flexibility index (Phi) is 4.37. The lowest BCUT2D eigenvalue weighted by Crippen LogP contribution is -2.11.